The topological polar surface area (TPSA) is 49.9 Å². The number of halogens is 1. The molecular formula is C13H21ClN2O3S. The highest BCUT2D eigenvalue weighted by atomic mass is 35.5. The number of nitrogens with zero attached hydrogens (tertiary/aromatic N) is 2. The minimum absolute atomic E-state index is 0.261. The lowest BCUT2D eigenvalue weighted by molar-refractivity contribution is 0.375. The van der Waals surface area contributed by atoms with Gasteiger partial charge in [0.15, 0.2) is 0 Å². The molecule has 0 bridgehead atoms. The molecule has 0 N–H and O–H groups in total. The number of methoxy groups -OCH3 is 1. The smallest absolute Gasteiger partial charge is 0.281 e. The van der Waals surface area contributed by atoms with Crippen LogP contribution in [0.25, 0.3) is 0 Å². The molecule has 1 aromatic rings. The van der Waals surface area contributed by atoms with Gasteiger partial charge in [0.25, 0.3) is 10.2 Å². The maximum atomic E-state index is 12.3. The summed E-state index contributed by atoms with van der Waals surface area (Å²) in [7, 11) is 1.20. The molecule has 1 aromatic carbocycles. The molecule has 0 saturated heterocycles. The van der Waals surface area contributed by atoms with Crippen LogP contribution >= 0.6 is 11.6 Å². The van der Waals surface area contributed by atoms with Crippen LogP contribution in [-0.4, -0.2) is 50.7 Å². The molecule has 0 fully saturated rings. The summed E-state index contributed by atoms with van der Waals surface area (Å²) in [4.78, 5) is 0. The van der Waals surface area contributed by atoms with Crippen LogP contribution < -0.4 is 4.74 Å². The minimum Gasteiger partial charge on any atom is -0.496 e. The average molecular weight is 321 g/mol. The van der Waals surface area contributed by atoms with E-state index in [1.165, 1.54) is 8.61 Å². The highest BCUT2D eigenvalue weighted by Gasteiger charge is 2.23. The van der Waals surface area contributed by atoms with Crippen molar-refractivity contribution >= 4 is 21.8 Å². The van der Waals surface area contributed by atoms with Crippen LogP contribution in [0.5, 0.6) is 5.75 Å². The van der Waals surface area contributed by atoms with Gasteiger partial charge in [0, 0.05) is 38.6 Å². The summed E-state index contributed by atoms with van der Waals surface area (Å²) in [5.41, 5.74) is 0.826. The second-order valence-corrected chi connectivity index (χ2v) is 6.96. The zero-order valence-electron chi connectivity index (χ0n) is 12.0. The summed E-state index contributed by atoms with van der Waals surface area (Å²) in [5, 5.41) is 0. The third kappa shape index (κ3) is 4.34. The van der Waals surface area contributed by atoms with Gasteiger partial charge in [-0.25, -0.2) is 0 Å². The summed E-state index contributed by atoms with van der Waals surface area (Å²) in [6.45, 7) is 0.666. The number of alkyl halides is 1. The van der Waals surface area contributed by atoms with E-state index in [-0.39, 0.29) is 6.54 Å². The predicted molar refractivity (Wildman–Crippen MR) is 81.3 cm³/mol. The van der Waals surface area contributed by atoms with Gasteiger partial charge in [0.1, 0.15) is 5.75 Å². The predicted octanol–water partition coefficient (Wildman–Crippen LogP) is 1.93. The van der Waals surface area contributed by atoms with Crippen LogP contribution in [0.15, 0.2) is 24.3 Å². The van der Waals surface area contributed by atoms with Gasteiger partial charge in [-0.15, -0.1) is 11.6 Å². The van der Waals surface area contributed by atoms with Gasteiger partial charge >= 0.3 is 0 Å². The Labute approximate surface area is 126 Å². The molecule has 0 aliphatic rings. The normalized spacial score (nSPS) is 12.1. The Morgan fingerprint density at radius 1 is 1.20 bits per heavy atom. The molecule has 0 spiro atoms. The first-order chi connectivity index (χ1) is 9.43. The van der Waals surface area contributed by atoms with Gasteiger partial charge in [-0.3, -0.25) is 0 Å². The Morgan fingerprint density at radius 3 is 2.45 bits per heavy atom. The second-order valence-electron chi connectivity index (χ2n) is 4.44. The van der Waals surface area contributed by atoms with Gasteiger partial charge in [-0.05, 0) is 12.5 Å². The van der Waals surface area contributed by atoms with Crippen molar-refractivity contribution in [1.29, 1.82) is 0 Å². The highest BCUT2D eigenvalue weighted by molar-refractivity contribution is 7.86. The largest absolute Gasteiger partial charge is 0.496 e. The summed E-state index contributed by atoms with van der Waals surface area (Å²) in [5.74, 6) is 1.12. The Balaban J connectivity index is 2.81. The van der Waals surface area contributed by atoms with Gasteiger partial charge in [0.2, 0.25) is 0 Å². The zero-order chi connectivity index (χ0) is 15.2. The lowest BCUT2D eigenvalue weighted by atomic mass is 10.2. The molecule has 0 heterocycles. The molecule has 0 aromatic heterocycles. The number of benzene rings is 1. The molecule has 5 nitrogen and oxygen atoms in total. The standard InChI is InChI=1S/C13H21ClN2O3S/c1-15(10-6-9-14)20(17,18)16(2)11-12-7-4-5-8-13(12)19-3/h4-5,7-8H,6,9-11H2,1-3H3. The van der Waals surface area contributed by atoms with E-state index in [2.05, 4.69) is 0 Å². The lowest BCUT2D eigenvalue weighted by Gasteiger charge is -2.24. The van der Waals surface area contributed by atoms with Crippen molar-refractivity contribution in [3.05, 3.63) is 29.8 Å². The highest BCUT2D eigenvalue weighted by Crippen LogP contribution is 2.20. The lowest BCUT2D eigenvalue weighted by Crippen LogP contribution is -2.39. The van der Waals surface area contributed by atoms with Crippen LogP contribution in [0, 0.1) is 0 Å². The molecule has 1 rings (SSSR count). The SMILES string of the molecule is COc1ccccc1CN(C)S(=O)(=O)N(C)CCCCl. The van der Waals surface area contributed by atoms with Gasteiger partial charge < -0.3 is 4.74 Å². The number of ether oxygens (including phenoxy) is 1. The van der Waals surface area contributed by atoms with E-state index in [1.54, 1.807) is 21.2 Å². The van der Waals surface area contributed by atoms with Crippen molar-refractivity contribution in [3.8, 4) is 5.75 Å². The van der Waals surface area contributed by atoms with Crippen LogP contribution in [0.1, 0.15) is 12.0 Å². The fourth-order valence-electron chi connectivity index (χ4n) is 1.79. The van der Waals surface area contributed by atoms with Crippen molar-refractivity contribution in [2.24, 2.45) is 0 Å². The fraction of sp³-hybridized carbons (Fsp3) is 0.538. The summed E-state index contributed by atoms with van der Waals surface area (Å²) in [6, 6.07) is 7.37. The van der Waals surface area contributed by atoms with Crippen molar-refractivity contribution in [2.45, 2.75) is 13.0 Å². The molecule has 0 atom stereocenters. The second kappa shape index (κ2) is 7.83. The Kier molecular flexibility index (Phi) is 6.75. The summed E-state index contributed by atoms with van der Waals surface area (Å²) >= 11 is 5.59. The molecule has 0 saturated carbocycles. The molecule has 0 radical (unpaired) electrons. The van der Waals surface area contributed by atoms with E-state index in [0.29, 0.717) is 24.6 Å². The van der Waals surface area contributed by atoms with E-state index in [1.807, 2.05) is 24.3 Å². The molecule has 7 heteroatoms. The number of para-hydroxylation sites is 1. The number of hydrogen-bond acceptors (Lipinski definition) is 3. The third-order valence-corrected chi connectivity index (χ3v) is 5.13. The fourth-order valence-corrected chi connectivity index (χ4v) is 3.05. The third-order valence-electron chi connectivity index (χ3n) is 2.98. The quantitative estimate of drug-likeness (QED) is 0.688. The van der Waals surface area contributed by atoms with Crippen LogP contribution in [0.3, 0.4) is 0 Å². The van der Waals surface area contributed by atoms with Gasteiger partial charge in [0.05, 0.1) is 7.11 Å². The van der Waals surface area contributed by atoms with Crippen molar-refractivity contribution in [1.82, 2.24) is 8.61 Å². The maximum Gasteiger partial charge on any atom is 0.281 e. The molecule has 0 aliphatic heterocycles. The molecule has 114 valence electrons. The maximum absolute atomic E-state index is 12.3. The molecule has 0 amide bonds. The Morgan fingerprint density at radius 2 is 1.85 bits per heavy atom. The first kappa shape index (κ1) is 17.2. The molecule has 20 heavy (non-hydrogen) atoms. The van der Waals surface area contributed by atoms with Crippen LogP contribution in [0.4, 0.5) is 0 Å². The van der Waals surface area contributed by atoms with Crippen LogP contribution in [-0.2, 0) is 16.8 Å². The van der Waals surface area contributed by atoms with Crippen molar-refractivity contribution in [2.75, 3.05) is 33.6 Å². The molecule has 0 aliphatic carbocycles. The zero-order valence-corrected chi connectivity index (χ0v) is 13.6. The van der Waals surface area contributed by atoms with E-state index in [9.17, 15) is 8.42 Å². The first-order valence-electron chi connectivity index (χ1n) is 6.29. The van der Waals surface area contributed by atoms with E-state index in [4.69, 9.17) is 16.3 Å². The van der Waals surface area contributed by atoms with Crippen LogP contribution in [0.2, 0.25) is 0 Å². The van der Waals surface area contributed by atoms with E-state index in [0.717, 1.165) is 5.56 Å². The Bertz CT molecular complexity index is 522. The van der Waals surface area contributed by atoms with Gasteiger partial charge in [-0.1, -0.05) is 18.2 Å². The van der Waals surface area contributed by atoms with E-state index < -0.39 is 10.2 Å². The molecular weight excluding hydrogens is 300 g/mol. The van der Waals surface area contributed by atoms with Crippen molar-refractivity contribution < 1.29 is 13.2 Å². The monoisotopic (exact) mass is 320 g/mol. The Hall–Kier alpha value is -0.820. The van der Waals surface area contributed by atoms with Gasteiger partial charge in [-0.2, -0.15) is 17.0 Å². The summed E-state index contributed by atoms with van der Waals surface area (Å²) in [6.07, 6.45) is 0.625. The number of rotatable bonds is 8. The molecule has 0 unspecified atom stereocenters. The van der Waals surface area contributed by atoms with Crippen molar-refractivity contribution in [3.63, 3.8) is 0 Å². The average Bonchev–Trinajstić information content (AvgIpc) is 2.45. The minimum atomic E-state index is -3.48. The van der Waals surface area contributed by atoms with E-state index >= 15 is 0 Å². The number of hydrogen-bond donors (Lipinski definition) is 0. The first-order valence-corrected chi connectivity index (χ1v) is 8.22. The summed E-state index contributed by atoms with van der Waals surface area (Å²) < 4.78 is 32.5.